The second-order valence-corrected chi connectivity index (χ2v) is 7.96. The molecule has 1 heterocycles. The van der Waals surface area contributed by atoms with Crippen molar-refractivity contribution in [3.05, 3.63) is 54.1 Å². The average molecular weight is 425 g/mol. The van der Waals surface area contributed by atoms with Crippen molar-refractivity contribution in [1.29, 1.82) is 0 Å². The highest BCUT2D eigenvalue weighted by Crippen LogP contribution is 2.30. The molecule has 7 heteroatoms. The minimum absolute atomic E-state index is 0.0687. The number of para-hydroxylation sites is 1. The lowest BCUT2D eigenvalue weighted by Gasteiger charge is -2.11. The van der Waals surface area contributed by atoms with E-state index in [1.165, 1.54) is 17.3 Å². The predicted octanol–water partition coefficient (Wildman–Crippen LogP) is 5.22. The van der Waals surface area contributed by atoms with Crippen LogP contribution in [0.3, 0.4) is 0 Å². The quantitative estimate of drug-likeness (QED) is 0.477. The fourth-order valence-electron chi connectivity index (χ4n) is 3.17. The number of methoxy groups -OCH3 is 1. The highest BCUT2D eigenvalue weighted by Gasteiger charge is 2.17. The van der Waals surface area contributed by atoms with Crippen molar-refractivity contribution in [3.8, 4) is 17.1 Å². The lowest BCUT2D eigenvalue weighted by molar-refractivity contribution is -0.113. The second kappa shape index (κ2) is 10.3. The van der Waals surface area contributed by atoms with Crippen molar-refractivity contribution in [3.63, 3.8) is 0 Å². The molecular weight excluding hydrogens is 396 g/mol. The molecule has 1 amide bonds. The van der Waals surface area contributed by atoms with E-state index in [4.69, 9.17) is 4.74 Å². The summed E-state index contributed by atoms with van der Waals surface area (Å²) in [6, 6.07) is 15.8. The topological polar surface area (TPSA) is 69.0 Å². The molecule has 3 aromatic rings. The van der Waals surface area contributed by atoms with Gasteiger partial charge in [0.2, 0.25) is 5.91 Å². The number of hydrogen-bond donors (Lipinski definition) is 1. The molecule has 0 bridgehead atoms. The Morgan fingerprint density at radius 3 is 2.53 bits per heavy atom. The van der Waals surface area contributed by atoms with Crippen molar-refractivity contribution in [2.24, 2.45) is 0 Å². The fourth-order valence-corrected chi connectivity index (χ4v) is 3.97. The third-order valence-electron chi connectivity index (χ3n) is 5.09. The molecule has 30 heavy (non-hydrogen) atoms. The smallest absolute Gasteiger partial charge is 0.234 e. The first-order valence-corrected chi connectivity index (χ1v) is 11.1. The Bertz CT molecular complexity index is 985. The van der Waals surface area contributed by atoms with Crippen LogP contribution in [0.4, 0.5) is 5.69 Å². The molecule has 0 radical (unpaired) electrons. The van der Waals surface area contributed by atoms with Crippen LogP contribution in [0.2, 0.25) is 0 Å². The van der Waals surface area contributed by atoms with Crippen molar-refractivity contribution < 1.29 is 9.53 Å². The van der Waals surface area contributed by atoms with E-state index in [1.54, 1.807) is 7.11 Å². The van der Waals surface area contributed by atoms with Crippen LogP contribution in [0.15, 0.2) is 53.7 Å². The lowest BCUT2D eigenvalue weighted by atomic mass is 9.99. The number of benzene rings is 2. The number of carbonyl (C=O) groups is 1. The second-order valence-electron chi connectivity index (χ2n) is 7.02. The molecule has 1 atom stereocenters. The zero-order valence-electron chi connectivity index (χ0n) is 17.9. The predicted molar refractivity (Wildman–Crippen MR) is 122 cm³/mol. The van der Waals surface area contributed by atoms with E-state index in [-0.39, 0.29) is 11.7 Å². The molecule has 6 nitrogen and oxygen atoms in total. The van der Waals surface area contributed by atoms with Crippen LogP contribution in [0.1, 0.15) is 38.7 Å². The van der Waals surface area contributed by atoms with Crippen LogP contribution >= 0.6 is 11.8 Å². The van der Waals surface area contributed by atoms with Gasteiger partial charge in [0.05, 0.1) is 18.4 Å². The van der Waals surface area contributed by atoms with Crippen LogP contribution in [0.25, 0.3) is 11.4 Å². The summed E-state index contributed by atoms with van der Waals surface area (Å²) in [7, 11) is 1.64. The van der Waals surface area contributed by atoms with Crippen molar-refractivity contribution in [1.82, 2.24) is 14.8 Å². The molecule has 1 aromatic heterocycles. The summed E-state index contributed by atoms with van der Waals surface area (Å²) in [4.78, 5) is 12.4. The zero-order chi connectivity index (χ0) is 21.5. The molecule has 2 aromatic carbocycles. The number of amides is 1. The molecule has 0 fully saturated rings. The number of thioether (sulfide) groups is 1. The molecule has 0 aliphatic carbocycles. The van der Waals surface area contributed by atoms with E-state index in [2.05, 4.69) is 41.5 Å². The van der Waals surface area contributed by atoms with Gasteiger partial charge in [0.15, 0.2) is 11.0 Å². The van der Waals surface area contributed by atoms with Crippen molar-refractivity contribution in [2.75, 3.05) is 18.2 Å². The van der Waals surface area contributed by atoms with Gasteiger partial charge < -0.3 is 14.6 Å². The average Bonchev–Trinajstić information content (AvgIpc) is 3.20. The SMILES string of the molecule is CCC(C)c1ccc(NC(=O)CSc2nnc(-c3ccccc3OC)n2CC)cc1. The lowest BCUT2D eigenvalue weighted by Crippen LogP contribution is -2.14. The number of hydrogen-bond acceptors (Lipinski definition) is 5. The maximum Gasteiger partial charge on any atom is 0.234 e. The maximum absolute atomic E-state index is 12.4. The summed E-state index contributed by atoms with van der Waals surface area (Å²) in [5.74, 6) is 2.19. The number of ether oxygens (including phenoxy) is 1. The normalized spacial score (nSPS) is 11.9. The van der Waals surface area contributed by atoms with E-state index >= 15 is 0 Å². The molecule has 158 valence electrons. The minimum Gasteiger partial charge on any atom is -0.496 e. The summed E-state index contributed by atoms with van der Waals surface area (Å²) >= 11 is 1.38. The molecule has 0 saturated heterocycles. The van der Waals surface area contributed by atoms with Crippen LogP contribution in [-0.4, -0.2) is 33.5 Å². The third-order valence-corrected chi connectivity index (χ3v) is 6.06. The van der Waals surface area contributed by atoms with Gasteiger partial charge in [-0.3, -0.25) is 4.79 Å². The Balaban J connectivity index is 1.66. The third kappa shape index (κ3) is 5.02. The van der Waals surface area contributed by atoms with E-state index < -0.39 is 0 Å². The molecule has 3 rings (SSSR count). The molecule has 1 N–H and O–H groups in total. The molecule has 1 unspecified atom stereocenters. The Morgan fingerprint density at radius 2 is 1.87 bits per heavy atom. The van der Waals surface area contributed by atoms with Crippen molar-refractivity contribution in [2.45, 2.75) is 44.8 Å². The Hall–Kier alpha value is -2.80. The first kappa shape index (κ1) is 21.9. The van der Waals surface area contributed by atoms with Gasteiger partial charge in [-0.15, -0.1) is 10.2 Å². The summed E-state index contributed by atoms with van der Waals surface area (Å²) in [6.45, 7) is 7.10. The van der Waals surface area contributed by atoms with Crippen molar-refractivity contribution >= 4 is 23.4 Å². The number of nitrogens with one attached hydrogen (secondary N) is 1. The monoisotopic (exact) mass is 424 g/mol. The summed E-state index contributed by atoms with van der Waals surface area (Å²) < 4.78 is 7.45. The van der Waals surface area contributed by atoms with Crippen LogP contribution in [0.5, 0.6) is 5.75 Å². The van der Waals surface area contributed by atoms with Gasteiger partial charge in [-0.2, -0.15) is 0 Å². The summed E-state index contributed by atoms with van der Waals surface area (Å²) in [5.41, 5.74) is 2.97. The van der Waals surface area contributed by atoms with E-state index in [9.17, 15) is 4.79 Å². The number of nitrogens with zero attached hydrogens (tertiary/aromatic N) is 3. The Labute approximate surface area is 182 Å². The van der Waals surface area contributed by atoms with Gasteiger partial charge in [0.25, 0.3) is 0 Å². The standard InChI is InChI=1S/C23H28N4O2S/c1-5-16(3)17-11-13-18(14-12-17)24-21(28)15-30-23-26-25-22(27(23)6-2)19-9-7-8-10-20(19)29-4/h7-14,16H,5-6,15H2,1-4H3,(H,24,28). The molecular formula is C23H28N4O2S. The van der Waals surface area contributed by atoms with Gasteiger partial charge >= 0.3 is 0 Å². The van der Waals surface area contributed by atoms with E-state index in [0.29, 0.717) is 17.6 Å². The maximum atomic E-state index is 12.4. The number of aromatic nitrogens is 3. The number of rotatable bonds is 9. The molecule has 0 saturated carbocycles. The summed E-state index contributed by atoms with van der Waals surface area (Å²) in [6.07, 6.45) is 1.09. The fraction of sp³-hybridized carbons (Fsp3) is 0.348. The zero-order valence-corrected chi connectivity index (χ0v) is 18.7. The van der Waals surface area contributed by atoms with Gasteiger partial charge in [0.1, 0.15) is 5.75 Å². The highest BCUT2D eigenvalue weighted by molar-refractivity contribution is 7.99. The summed E-state index contributed by atoms with van der Waals surface area (Å²) in [5, 5.41) is 12.3. The van der Waals surface area contributed by atoms with E-state index in [0.717, 1.165) is 29.2 Å². The van der Waals surface area contributed by atoms with Gasteiger partial charge in [-0.1, -0.05) is 49.9 Å². The van der Waals surface area contributed by atoms with Crippen LogP contribution in [-0.2, 0) is 11.3 Å². The highest BCUT2D eigenvalue weighted by atomic mass is 32.2. The number of carbonyl (C=O) groups excluding carboxylic acids is 1. The van der Waals surface area contributed by atoms with Gasteiger partial charge in [0, 0.05) is 12.2 Å². The first-order chi connectivity index (χ1) is 14.6. The van der Waals surface area contributed by atoms with Crippen LogP contribution < -0.4 is 10.1 Å². The van der Waals surface area contributed by atoms with Gasteiger partial charge in [-0.05, 0) is 49.1 Å². The Kier molecular flexibility index (Phi) is 7.52. The van der Waals surface area contributed by atoms with E-state index in [1.807, 2.05) is 47.9 Å². The minimum atomic E-state index is -0.0687. The molecule has 0 spiro atoms. The van der Waals surface area contributed by atoms with Gasteiger partial charge in [-0.25, -0.2) is 0 Å². The van der Waals surface area contributed by atoms with Crippen LogP contribution in [0, 0.1) is 0 Å². The first-order valence-electron chi connectivity index (χ1n) is 10.2. The molecule has 0 aliphatic rings. The molecule has 0 aliphatic heterocycles. The number of anilines is 1. The largest absolute Gasteiger partial charge is 0.496 e. The Morgan fingerprint density at radius 1 is 1.13 bits per heavy atom.